The number of rotatable bonds is 11. The van der Waals surface area contributed by atoms with Gasteiger partial charge in [0.2, 0.25) is 11.8 Å². The summed E-state index contributed by atoms with van der Waals surface area (Å²) in [7, 11) is -0.238. The molecule has 2 heterocycles. The van der Waals surface area contributed by atoms with Crippen molar-refractivity contribution in [2.45, 2.75) is 26.2 Å². The van der Waals surface area contributed by atoms with Crippen LogP contribution in [0.15, 0.2) is 48.8 Å². The van der Waals surface area contributed by atoms with Crippen molar-refractivity contribution in [1.29, 1.82) is 0 Å². The summed E-state index contributed by atoms with van der Waals surface area (Å²) in [4.78, 5) is 7.93. The fourth-order valence-corrected chi connectivity index (χ4v) is 5.83. The van der Waals surface area contributed by atoms with E-state index in [0.717, 1.165) is 0 Å². The number of hydrogen-bond donors (Lipinski definition) is 3. The van der Waals surface area contributed by atoms with Gasteiger partial charge in [-0.15, -0.1) is 0 Å². The summed E-state index contributed by atoms with van der Waals surface area (Å²) >= 11 is 0. The molecule has 0 fully saturated rings. The van der Waals surface area contributed by atoms with Crippen LogP contribution in [0.5, 0.6) is 11.6 Å². The van der Waals surface area contributed by atoms with E-state index in [9.17, 15) is 22.8 Å². The van der Waals surface area contributed by atoms with Gasteiger partial charge in [0.05, 0.1) is 37.6 Å². The lowest BCUT2D eigenvalue weighted by Gasteiger charge is -2.17. The zero-order valence-electron chi connectivity index (χ0n) is 22.2. The van der Waals surface area contributed by atoms with Crippen molar-refractivity contribution in [2.75, 3.05) is 31.0 Å². The SMILES string of the molecule is CCOP(=O)(Cc1ccc(Nc2ncc(C(F)(F)F)c(Nc3ccc(OC)c4cn(C)c(O)c34)n2)cc1)OCC. The van der Waals surface area contributed by atoms with E-state index >= 15 is 0 Å². The molecule has 0 unspecified atom stereocenters. The van der Waals surface area contributed by atoms with Crippen LogP contribution >= 0.6 is 7.60 Å². The smallest absolute Gasteiger partial charge is 0.421 e. The number of fused-ring (bicyclic) bond motifs is 1. The van der Waals surface area contributed by atoms with Gasteiger partial charge in [-0.2, -0.15) is 18.2 Å². The van der Waals surface area contributed by atoms with Crippen molar-refractivity contribution in [3.05, 3.63) is 59.9 Å². The third kappa shape index (κ3) is 6.33. The lowest BCUT2D eigenvalue weighted by Crippen LogP contribution is -2.12. The quantitative estimate of drug-likeness (QED) is 0.162. The maximum absolute atomic E-state index is 13.9. The number of nitrogens with zero attached hydrogens (tertiary/aromatic N) is 3. The summed E-state index contributed by atoms with van der Waals surface area (Å²) in [6.07, 6.45) is -2.39. The second kappa shape index (κ2) is 11.7. The molecule has 0 aliphatic heterocycles. The van der Waals surface area contributed by atoms with Crippen LogP contribution in [-0.4, -0.2) is 40.0 Å². The minimum atomic E-state index is -4.75. The van der Waals surface area contributed by atoms with Crippen molar-refractivity contribution in [2.24, 2.45) is 7.05 Å². The number of aryl methyl sites for hydroxylation is 1. The van der Waals surface area contributed by atoms with Crippen LogP contribution in [-0.2, 0) is 33.0 Å². The summed E-state index contributed by atoms with van der Waals surface area (Å²) < 4.78 is 71.8. The Labute approximate surface area is 228 Å². The molecule has 0 atom stereocenters. The topological polar surface area (TPSA) is 120 Å². The van der Waals surface area contributed by atoms with E-state index in [2.05, 4.69) is 20.6 Å². The van der Waals surface area contributed by atoms with Crippen LogP contribution in [0.2, 0.25) is 0 Å². The predicted molar refractivity (Wildman–Crippen MR) is 146 cm³/mol. The van der Waals surface area contributed by atoms with Gasteiger partial charge in [0.15, 0.2) is 0 Å². The molecule has 0 aliphatic carbocycles. The van der Waals surface area contributed by atoms with Gasteiger partial charge >= 0.3 is 13.8 Å². The normalized spacial score (nSPS) is 12.1. The Morgan fingerprint density at radius 2 is 1.73 bits per heavy atom. The molecule has 0 saturated heterocycles. The third-order valence-electron chi connectivity index (χ3n) is 5.89. The number of aromatic hydroxyl groups is 1. The summed E-state index contributed by atoms with van der Waals surface area (Å²) in [5.41, 5.74) is 0.291. The first-order valence-electron chi connectivity index (χ1n) is 12.3. The number of ether oxygens (including phenoxy) is 1. The average Bonchev–Trinajstić information content (AvgIpc) is 3.19. The summed E-state index contributed by atoms with van der Waals surface area (Å²) in [5.74, 6) is -0.319. The molecule has 0 spiro atoms. The Balaban J connectivity index is 1.63. The number of methoxy groups -OCH3 is 1. The second-order valence-electron chi connectivity index (χ2n) is 8.67. The van der Waals surface area contributed by atoms with Gasteiger partial charge in [0.25, 0.3) is 0 Å². The molecular weight excluding hydrogens is 550 g/mol. The highest BCUT2D eigenvalue weighted by molar-refractivity contribution is 7.53. The molecule has 4 rings (SSSR count). The van der Waals surface area contributed by atoms with Crippen molar-refractivity contribution >= 4 is 41.5 Å². The maximum atomic E-state index is 13.9. The van der Waals surface area contributed by atoms with E-state index in [1.165, 1.54) is 17.7 Å². The molecule has 40 heavy (non-hydrogen) atoms. The van der Waals surface area contributed by atoms with Gasteiger partial charge in [0, 0.05) is 30.5 Å². The number of anilines is 4. The lowest BCUT2D eigenvalue weighted by atomic mass is 10.1. The van der Waals surface area contributed by atoms with Gasteiger partial charge in [-0.1, -0.05) is 12.1 Å². The van der Waals surface area contributed by atoms with Crippen LogP contribution < -0.4 is 15.4 Å². The van der Waals surface area contributed by atoms with Gasteiger partial charge < -0.3 is 34.1 Å². The summed E-state index contributed by atoms with van der Waals surface area (Å²) in [5, 5.41) is 17.0. The van der Waals surface area contributed by atoms with Crippen LogP contribution in [0.25, 0.3) is 10.8 Å². The number of aromatic nitrogens is 3. The molecule has 10 nitrogen and oxygen atoms in total. The largest absolute Gasteiger partial charge is 0.496 e. The lowest BCUT2D eigenvalue weighted by molar-refractivity contribution is -0.137. The van der Waals surface area contributed by atoms with Gasteiger partial charge in [-0.25, -0.2) is 4.98 Å². The number of benzene rings is 2. The van der Waals surface area contributed by atoms with Crippen LogP contribution in [0.4, 0.5) is 36.3 Å². The zero-order chi connectivity index (χ0) is 29.1. The number of halogens is 3. The molecular formula is C26H29F3N5O5P. The number of nitrogens with one attached hydrogen (secondary N) is 2. The van der Waals surface area contributed by atoms with Crippen molar-refractivity contribution < 1.29 is 36.6 Å². The molecule has 2 aromatic carbocycles. The van der Waals surface area contributed by atoms with E-state index in [4.69, 9.17) is 13.8 Å². The van der Waals surface area contributed by atoms with Gasteiger partial charge in [-0.05, 0) is 43.7 Å². The fraction of sp³-hybridized carbons (Fsp3) is 0.308. The number of hydrogen-bond acceptors (Lipinski definition) is 9. The first kappa shape index (κ1) is 29.2. The first-order valence-corrected chi connectivity index (χ1v) is 14.0. The molecule has 3 N–H and O–H groups in total. The highest BCUT2D eigenvalue weighted by atomic mass is 31.2. The molecule has 0 amide bonds. The van der Waals surface area contributed by atoms with Crippen LogP contribution in [0.3, 0.4) is 0 Å². The number of alkyl halides is 3. The predicted octanol–water partition coefficient (Wildman–Crippen LogP) is 6.95. The summed E-state index contributed by atoms with van der Waals surface area (Å²) in [6, 6.07) is 9.78. The fourth-order valence-electron chi connectivity index (χ4n) is 4.12. The van der Waals surface area contributed by atoms with E-state index in [1.807, 2.05) is 0 Å². The molecule has 0 radical (unpaired) electrons. The molecule has 2 aromatic heterocycles. The Kier molecular flexibility index (Phi) is 8.57. The molecule has 0 aliphatic rings. The molecule has 214 valence electrons. The molecule has 0 saturated carbocycles. The van der Waals surface area contributed by atoms with Gasteiger partial charge in [-0.3, -0.25) is 4.57 Å². The first-order chi connectivity index (χ1) is 19.0. The van der Waals surface area contributed by atoms with Crippen molar-refractivity contribution in [3.63, 3.8) is 0 Å². The summed E-state index contributed by atoms with van der Waals surface area (Å²) in [6.45, 7) is 3.94. The van der Waals surface area contributed by atoms with Crippen LogP contribution in [0.1, 0.15) is 25.0 Å². The molecule has 0 bridgehead atoms. The zero-order valence-corrected chi connectivity index (χ0v) is 23.1. The highest BCUT2D eigenvalue weighted by Crippen LogP contribution is 2.51. The average molecular weight is 580 g/mol. The molecule has 4 aromatic rings. The Bertz CT molecular complexity index is 1530. The third-order valence-corrected chi connectivity index (χ3v) is 7.95. The Morgan fingerprint density at radius 3 is 2.33 bits per heavy atom. The van der Waals surface area contributed by atoms with E-state index in [0.29, 0.717) is 28.6 Å². The minimum absolute atomic E-state index is 0.0719. The van der Waals surface area contributed by atoms with E-state index < -0.39 is 25.2 Å². The molecule has 14 heteroatoms. The standard InChI is InChI=1S/C26H29F3N5O5P/c1-5-38-40(36,39-6-2)15-16-7-9-17(10-8-16)31-25-30-13-19(26(27,28)29)23(33-25)32-20-11-12-21(37-4)18-14-34(3)24(35)22(18)20/h7-14,35H,5-6,15H2,1-4H3,(H2,30,31,32,33). The monoisotopic (exact) mass is 579 g/mol. The van der Waals surface area contributed by atoms with E-state index in [-0.39, 0.29) is 42.3 Å². The van der Waals surface area contributed by atoms with E-state index in [1.54, 1.807) is 57.4 Å². The maximum Gasteiger partial charge on any atom is 0.421 e. The van der Waals surface area contributed by atoms with Crippen molar-refractivity contribution in [3.8, 4) is 11.6 Å². The second-order valence-corrected chi connectivity index (χ2v) is 10.7. The Hall–Kier alpha value is -3.80. The van der Waals surface area contributed by atoms with Crippen LogP contribution in [0, 0.1) is 0 Å². The minimum Gasteiger partial charge on any atom is -0.496 e. The van der Waals surface area contributed by atoms with Gasteiger partial charge in [0.1, 0.15) is 17.1 Å². The van der Waals surface area contributed by atoms with Crippen molar-refractivity contribution in [1.82, 2.24) is 14.5 Å². The highest BCUT2D eigenvalue weighted by Gasteiger charge is 2.36. The Morgan fingerprint density at radius 1 is 1.05 bits per heavy atom.